The summed E-state index contributed by atoms with van der Waals surface area (Å²) in [5.41, 5.74) is -1.49. The summed E-state index contributed by atoms with van der Waals surface area (Å²) in [6.45, 7) is 5.12. The number of carboxylic acid groups (broad SMARTS) is 1. The van der Waals surface area contributed by atoms with Crippen molar-refractivity contribution in [3.8, 4) is 11.4 Å². The summed E-state index contributed by atoms with van der Waals surface area (Å²) in [6, 6.07) is 7.29. The van der Waals surface area contributed by atoms with Crippen LogP contribution in [0, 0.1) is 5.41 Å². The molecule has 4 aromatic heterocycles. The maximum absolute atomic E-state index is 13.2. The Labute approximate surface area is 219 Å². The third-order valence-electron chi connectivity index (χ3n) is 5.31. The number of thiophene rings is 1. The largest absolute Gasteiger partial charge is 0.478 e. The Morgan fingerprint density at radius 2 is 1.92 bits per heavy atom. The minimum absolute atomic E-state index is 0.0531. The highest BCUT2D eigenvalue weighted by atomic mass is 35.5. The zero-order valence-corrected chi connectivity index (χ0v) is 21.6. The number of Topliss-reactive ketones (excluding diaryl/α,β-unsaturated/α-hetero) is 1. The molecule has 4 rings (SSSR count). The van der Waals surface area contributed by atoms with E-state index in [2.05, 4.69) is 15.6 Å². The SMILES string of the molecule is CC(C)(C)C(=O)n1nc(-c2cc(C(=O)O)cc(=O)n2CC(=O)c2cnoc2)cc1NCc1ccc(Cl)s1. The normalized spacial score (nSPS) is 11.5. The lowest BCUT2D eigenvalue weighted by molar-refractivity contribution is 0.0695. The smallest absolute Gasteiger partial charge is 0.335 e. The van der Waals surface area contributed by atoms with Crippen molar-refractivity contribution in [2.24, 2.45) is 5.41 Å². The second-order valence-electron chi connectivity index (χ2n) is 9.14. The molecule has 0 radical (unpaired) electrons. The lowest BCUT2D eigenvalue weighted by Crippen LogP contribution is -2.29. The van der Waals surface area contributed by atoms with Gasteiger partial charge in [0, 0.05) is 22.4 Å². The minimum Gasteiger partial charge on any atom is -0.478 e. The van der Waals surface area contributed by atoms with E-state index in [-0.39, 0.29) is 28.4 Å². The predicted octanol–water partition coefficient (Wildman–Crippen LogP) is 4.29. The number of hydrogen-bond acceptors (Lipinski definition) is 9. The summed E-state index contributed by atoms with van der Waals surface area (Å²) < 4.78 is 7.59. The van der Waals surface area contributed by atoms with E-state index in [0.717, 1.165) is 21.8 Å². The van der Waals surface area contributed by atoms with Crippen LogP contribution in [0.1, 0.15) is 51.2 Å². The molecule has 37 heavy (non-hydrogen) atoms. The van der Waals surface area contributed by atoms with Crippen LogP contribution in [-0.4, -0.2) is 42.3 Å². The summed E-state index contributed by atoms with van der Waals surface area (Å²) in [5, 5.41) is 20.6. The fraction of sp³-hybridized carbons (Fsp3) is 0.250. The van der Waals surface area contributed by atoms with E-state index in [0.29, 0.717) is 16.7 Å². The summed E-state index contributed by atoms with van der Waals surface area (Å²) in [4.78, 5) is 51.5. The fourth-order valence-electron chi connectivity index (χ4n) is 3.40. The number of carbonyl (C=O) groups is 3. The maximum Gasteiger partial charge on any atom is 0.335 e. The Balaban J connectivity index is 1.82. The van der Waals surface area contributed by atoms with Gasteiger partial charge in [0.1, 0.15) is 17.8 Å². The molecule has 4 heterocycles. The molecule has 0 atom stereocenters. The molecule has 0 bridgehead atoms. The first-order valence-electron chi connectivity index (χ1n) is 11.0. The lowest BCUT2D eigenvalue weighted by atomic mass is 9.96. The third kappa shape index (κ3) is 5.70. The second kappa shape index (κ2) is 10.1. The summed E-state index contributed by atoms with van der Waals surface area (Å²) in [6.07, 6.45) is 2.36. The predicted molar refractivity (Wildman–Crippen MR) is 136 cm³/mol. The van der Waals surface area contributed by atoms with Crippen LogP contribution in [0.4, 0.5) is 5.82 Å². The molecule has 13 heteroatoms. The number of halogens is 1. The topological polar surface area (TPSA) is 149 Å². The Bertz CT molecular complexity index is 1540. The van der Waals surface area contributed by atoms with Crippen molar-refractivity contribution in [3.05, 3.63) is 73.5 Å². The van der Waals surface area contributed by atoms with Crippen LogP contribution >= 0.6 is 22.9 Å². The molecule has 0 amide bonds. The van der Waals surface area contributed by atoms with Crippen LogP contribution in [0.15, 0.2) is 52.1 Å². The van der Waals surface area contributed by atoms with Gasteiger partial charge in [0.25, 0.3) is 11.5 Å². The molecule has 0 aliphatic carbocycles. The molecule has 0 unspecified atom stereocenters. The summed E-state index contributed by atoms with van der Waals surface area (Å²) in [5.74, 6) is -1.82. The van der Waals surface area contributed by atoms with Crippen molar-refractivity contribution in [1.29, 1.82) is 0 Å². The number of carboxylic acids is 1. The van der Waals surface area contributed by atoms with E-state index in [4.69, 9.17) is 16.1 Å². The zero-order valence-electron chi connectivity index (χ0n) is 20.0. The van der Waals surface area contributed by atoms with Gasteiger partial charge in [0.15, 0.2) is 5.78 Å². The number of aromatic nitrogens is 4. The van der Waals surface area contributed by atoms with E-state index < -0.39 is 29.3 Å². The summed E-state index contributed by atoms with van der Waals surface area (Å²) >= 11 is 7.39. The first kappa shape index (κ1) is 26.0. The molecule has 0 spiro atoms. The van der Waals surface area contributed by atoms with Gasteiger partial charge in [0.2, 0.25) is 0 Å². The fourth-order valence-corrected chi connectivity index (χ4v) is 4.43. The van der Waals surface area contributed by atoms with Crippen LogP contribution < -0.4 is 10.9 Å². The van der Waals surface area contributed by atoms with Gasteiger partial charge in [-0.25, -0.2) is 4.79 Å². The van der Waals surface area contributed by atoms with Gasteiger partial charge in [-0.15, -0.1) is 11.3 Å². The van der Waals surface area contributed by atoms with E-state index in [9.17, 15) is 24.3 Å². The Kier molecular flexibility index (Phi) is 7.14. The van der Waals surface area contributed by atoms with Crippen LogP contribution in [0.25, 0.3) is 11.4 Å². The number of anilines is 1. The van der Waals surface area contributed by atoms with Crippen LogP contribution in [-0.2, 0) is 13.1 Å². The second-order valence-corrected chi connectivity index (χ2v) is 10.9. The van der Waals surface area contributed by atoms with Gasteiger partial charge >= 0.3 is 5.97 Å². The number of pyridine rings is 1. The van der Waals surface area contributed by atoms with Crippen molar-refractivity contribution in [3.63, 3.8) is 0 Å². The van der Waals surface area contributed by atoms with Crippen molar-refractivity contribution in [2.45, 2.75) is 33.9 Å². The molecule has 0 saturated heterocycles. The first-order chi connectivity index (χ1) is 17.4. The van der Waals surface area contributed by atoms with E-state index >= 15 is 0 Å². The van der Waals surface area contributed by atoms with Crippen molar-refractivity contribution in [2.75, 3.05) is 5.32 Å². The molecule has 11 nitrogen and oxygen atoms in total. The number of aromatic carboxylic acids is 1. The van der Waals surface area contributed by atoms with Gasteiger partial charge in [-0.1, -0.05) is 37.5 Å². The van der Waals surface area contributed by atoms with Crippen LogP contribution in [0.5, 0.6) is 0 Å². The molecule has 2 N–H and O–H groups in total. The number of ketones is 1. The average molecular weight is 544 g/mol. The Morgan fingerprint density at radius 3 is 2.51 bits per heavy atom. The minimum atomic E-state index is -1.33. The highest BCUT2D eigenvalue weighted by Gasteiger charge is 2.28. The Hall–Kier alpha value is -4.03. The van der Waals surface area contributed by atoms with Gasteiger partial charge in [0.05, 0.1) is 40.4 Å². The van der Waals surface area contributed by atoms with Gasteiger partial charge in [-0.05, 0) is 18.2 Å². The van der Waals surface area contributed by atoms with E-state index in [1.165, 1.54) is 34.3 Å². The van der Waals surface area contributed by atoms with Crippen LogP contribution in [0.2, 0.25) is 4.34 Å². The molecular weight excluding hydrogens is 522 g/mol. The number of nitrogens with zero attached hydrogens (tertiary/aromatic N) is 4. The number of hydrogen-bond donors (Lipinski definition) is 2. The molecular formula is C24H22ClN5O6S. The number of nitrogens with one attached hydrogen (secondary N) is 1. The highest BCUT2D eigenvalue weighted by molar-refractivity contribution is 7.16. The third-order valence-corrected chi connectivity index (χ3v) is 6.54. The van der Waals surface area contributed by atoms with Crippen molar-refractivity contribution in [1.82, 2.24) is 19.5 Å². The highest BCUT2D eigenvalue weighted by Crippen LogP contribution is 2.28. The van der Waals surface area contributed by atoms with Gasteiger partial charge in [-0.2, -0.15) is 9.78 Å². The summed E-state index contributed by atoms with van der Waals surface area (Å²) in [7, 11) is 0. The molecule has 0 aromatic carbocycles. The van der Waals surface area contributed by atoms with Gasteiger partial charge < -0.3 is 14.9 Å². The molecule has 0 fully saturated rings. The van der Waals surface area contributed by atoms with E-state index in [1.54, 1.807) is 26.8 Å². The average Bonchev–Trinajstić information content (AvgIpc) is 3.58. The quantitative estimate of drug-likeness (QED) is 0.310. The Morgan fingerprint density at radius 1 is 1.16 bits per heavy atom. The van der Waals surface area contributed by atoms with Crippen molar-refractivity contribution >= 4 is 46.4 Å². The standard InChI is InChI=1S/C24H22ClN5O6S/c1-24(2,3)23(35)30-20(26-10-15-4-5-19(25)37-15)8-16(28-30)17-6-13(22(33)34)7-21(32)29(17)11-18(31)14-9-27-36-12-14/h4-9,12,26H,10-11H2,1-3H3,(H,33,34). The molecule has 4 aromatic rings. The maximum atomic E-state index is 13.2. The molecule has 0 aliphatic rings. The lowest BCUT2D eigenvalue weighted by Gasteiger charge is -2.18. The van der Waals surface area contributed by atoms with Gasteiger partial charge in [-0.3, -0.25) is 19.0 Å². The van der Waals surface area contributed by atoms with E-state index in [1.807, 2.05) is 6.07 Å². The van der Waals surface area contributed by atoms with Crippen molar-refractivity contribution < 1.29 is 24.0 Å². The molecule has 192 valence electrons. The van der Waals surface area contributed by atoms with Crippen LogP contribution in [0.3, 0.4) is 0 Å². The molecule has 0 saturated carbocycles. The zero-order chi connectivity index (χ0) is 26.9. The number of carbonyl (C=O) groups excluding carboxylic acids is 2. The number of rotatable bonds is 8. The monoisotopic (exact) mass is 543 g/mol. The molecule has 0 aliphatic heterocycles. The first-order valence-corrected chi connectivity index (χ1v) is 12.2.